The van der Waals surface area contributed by atoms with Gasteiger partial charge in [-0.3, -0.25) is 19.6 Å². The number of furan rings is 1. The number of hydrogen-bond acceptors (Lipinski definition) is 6. The largest absolute Gasteiger partial charge is 0.465 e. The van der Waals surface area contributed by atoms with E-state index in [0.29, 0.717) is 32.7 Å². The molecule has 2 saturated heterocycles. The lowest BCUT2D eigenvalue weighted by Crippen LogP contribution is -2.56. The molecule has 0 radical (unpaired) electrons. The number of aromatic amines is 1. The molecule has 156 valence electrons. The number of carbonyl (C=O) groups is 2. The Hall–Kier alpha value is -2.68. The average Bonchev–Trinajstić information content (AvgIpc) is 3.32. The van der Waals surface area contributed by atoms with Gasteiger partial charge in [0.2, 0.25) is 11.8 Å². The molecule has 29 heavy (non-hydrogen) atoms. The normalized spacial score (nSPS) is 21.4. The van der Waals surface area contributed by atoms with Crippen molar-refractivity contribution >= 4 is 11.8 Å². The number of likely N-dealkylation sites (tertiary alicyclic amines) is 1. The summed E-state index contributed by atoms with van der Waals surface area (Å²) in [6.45, 7) is 6.95. The van der Waals surface area contributed by atoms with Crippen molar-refractivity contribution in [1.29, 1.82) is 0 Å². The van der Waals surface area contributed by atoms with E-state index in [1.54, 1.807) is 0 Å². The van der Waals surface area contributed by atoms with Crippen molar-refractivity contribution in [1.82, 2.24) is 30.3 Å². The second-order valence-corrected chi connectivity index (χ2v) is 7.93. The van der Waals surface area contributed by atoms with Crippen LogP contribution in [0.1, 0.15) is 48.3 Å². The molecule has 2 N–H and O–H groups in total. The predicted molar refractivity (Wildman–Crippen MR) is 105 cm³/mol. The molecule has 0 aromatic carbocycles. The van der Waals surface area contributed by atoms with Crippen molar-refractivity contribution in [2.75, 3.05) is 26.2 Å². The van der Waals surface area contributed by atoms with Crippen LogP contribution in [0.2, 0.25) is 0 Å². The number of rotatable bonds is 5. The zero-order valence-corrected chi connectivity index (χ0v) is 17.0. The highest BCUT2D eigenvalue weighted by molar-refractivity contribution is 5.88. The Balaban J connectivity index is 1.35. The number of nitrogens with zero attached hydrogens (tertiary/aromatic N) is 4. The van der Waals surface area contributed by atoms with Gasteiger partial charge in [0.25, 0.3) is 0 Å². The van der Waals surface area contributed by atoms with Crippen LogP contribution in [0.5, 0.6) is 0 Å². The van der Waals surface area contributed by atoms with Crippen molar-refractivity contribution in [3.63, 3.8) is 0 Å². The number of piperidine rings is 1. The molecule has 2 aliphatic rings. The van der Waals surface area contributed by atoms with E-state index in [-0.39, 0.29) is 24.2 Å². The summed E-state index contributed by atoms with van der Waals surface area (Å²) in [5.74, 6) is 3.53. The minimum atomic E-state index is -0.463. The molecule has 2 aromatic rings. The number of piperazine rings is 1. The molecule has 0 saturated carbocycles. The summed E-state index contributed by atoms with van der Waals surface area (Å²) in [6.07, 6.45) is 1.88. The van der Waals surface area contributed by atoms with E-state index in [0.717, 1.165) is 36.0 Å². The second kappa shape index (κ2) is 8.36. The van der Waals surface area contributed by atoms with Crippen LogP contribution in [0, 0.1) is 13.8 Å². The third-order valence-corrected chi connectivity index (χ3v) is 5.79. The van der Waals surface area contributed by atoms with E-state index >= 15 is 0 Å². The van der Waals surface area contributed by atoms with Crippen molar-refractivity contribution in [3.05, 3.63) is 35.3 Å². The van der Waals surface area contributed by atoms with Crippen molar-refractivity contribution in [2.24, 2.45) is 0 Å². The zero-order valence-electron chi connectivity index (χ0n) is 17.0. The van der Waals surface area contributed by atoms with Crippen LogP contribution in [0.15, 0.2) is 16.5 Å². The molecule has 4 rings (SSSR count). The van der Waals surface area contributed by atoms with E-state index in [1.165, 1.54) is 0 Å². The summed E-state index contributed by atoms with van der Waals surface area (Å²) >= 11 is 0. The third kappa shape index (κ3) is 4.50. The van der Waals surface area contributed by atoms with Crippen LogP contribution >= 0.6 is 0 Å². The van der Waals surface area contributed by atoms with Gasteiger partial charge < -0.3 is 14.6 Å². The molecule has 0 aliphatic carbocycles. The lowest BCUT2D eigenvalue weighted by molar-refractivity contribution is -0.139. The number of aryl methyl sites for hydroxylation is 2. The van der Waals surface area contributed by atoms with Gasteiger partial charge in [0.15, 0.2) is 5.82 Å². The van der Waals surface area contributed by atoms with Gasteiger partial charge in [-0.2, -0.15) is 5.10 Å². The molecule has 9 heteroatoms. The van der Waals surface area contributed by atoms with Crippen LogP contribution < -0.4 is 5.32 Å². The van der Waals surface area contributed by atoms with E-state index in [9.17, 15) is 9.59 Å². The average molecular weight is 400 g/mol. The number of aromatic nitrogens is 3. The molecular weight excluding hydrogens is 372 g/mol. The summed E-state index contributed by atoms with van der Waals surface area (Å²) in [4.78, 5) is 33.7. The molecule has 4 heterocycles. The van der Waals surface area contributed by atoms with Gasteiger partial charge >= 0.3 is 0 Å². The molecule has 1 atom stereocenters. The SMILES string of the molecule is Cc1nc(C2CCN(C(=O)C[C@@H]3C(=O)NCCN3Cc3ccc(C)o3)CC2)n[nH]1. The highest BCUT2D eigenvalue weighted by atomic mass is 16.3. The Bertz CT molecular complexity index is 867. The van der Waals surface area contributed by atoms with Gasteiger partial charge in [0.1, 0.15) is 17.3 Å². The molecule has 2 aromatic heterocycles. The smallest absolute Gasteiger partial charge is 0.237 e. The maximum absolute atomic E-state index is 12.9. The topological polar surface area (TPSA) is 107 Å². The Morgan fingerprint density at radius 3 is 2.69 bits per heavy atom. The molecule has 2 amide bonds. The fourth-order valence-corrected chi connectivity index (χ4v) is 4.17. The molecular formula is C20H28N6O3. The first kappa shape index (κ1) is 19.6. The van der Waals surface area contributed by atoms with Crippen molar-refractivity contribution < 1.29 is 14.0 Å². The fourth-order valence-electron chi connectivity index (χ4n) is 4.17. The number of hydrogen-bond donors (Lipinski definition) is 2. The van der Waals surface area contributed by atoms with Gasteiger partial charge in [-0.05, 0) is 38.8 Å². The minimum absolute atomic E-state index is 0.0253. The summed E-state index contributed by atoms with van der Waals surface area (Å²) < 4.78 is 5.66. The van der Waals surface area contributed by atoms with Gasteiger partial charge in [-0.25, -0.2) is 4.98 Å². The maximum atomic E-state index is 12.9. The van der Waals surface area contributed by atoms with E-state index in [1.807, 2.05) is 35.8 Å². The molecule has 2 aliphatic heterocycles. The van der Waals surface area contributed by atoms with E-state index < -0.39 is 6.04 Å². The summed E-state index contributed by atoms with van der Waals surface area (Å²) in [5.41, 5.74) is 0. The lowest BCUT2D eigenvalue weighted by atomic mass is 9.95. The lowest BCUT2D eigenvalue weighted by Gasteiger charge is -2.36. The number of H-pyrrole nitrogens is 1. The molecule has 9 nitrogen and oxygen atoms in total. The first-order chi connectivity index (χ1) is 14.0. The Morgan fingerprint density at radius 1 is 1.24 bits per heavy atom. The third-order valence-electron chi connectivity index (χ3n) is 5.79. The quantitative estimate of drug-likeness (QED) is 0.779. The van der Waals surface area contributed by atoms with Gasteiger partial charge in [-0.1, -0.05) is 0 Å². The second-order valence-electron chi connectivity index (χ2n) is 7.93. The minimum Gasteiger partial charge on any atom is -0.465 e. The van der Waals surface area contributed by atoms with Crippen LogP contribution in [0.3, 0.4) is 0 Å². The van der Waals surface area contributed by atoms with E-state index in [4.69, 9.17) is 4.42 Å². The van der Waals surface area contributed by atoms with Crippen molar-refractivity contribution in [2.45, 2.75) is 51.6 Å². The Labute approximate surface area is 169 Å². The number of amides is 2. The fraction of sp³-hybridized carbons (Fsp3) is 0.600. The monoisotopic (exact) mass is 400 g/mol. The number of carbonyl (C=O) groups excluding carboxylic acids is 2. The predicted octanol–water partition coefficient (Wildman–Crippen LogP) is 1.11. The first-order valence-electron chi connectivity index (χ1n) is 10.2. The first-order valence-corrected chi connectivity index (χ1v) is 10.2. The van der Waals surface area contributed by atoms with E-state index in [2.05, 4.69) is 20.5 Å². The van der Waals surface area contributed by atoms with Crippen molar-refractivity contribution in [3.8, 4) is 0 Å². The van der Waals surface area contributed by atoms with Crippen LogP contribution in [-0.4, -0.2) is 69.0 Å². The van der Waals surface area contributed by atoms with Crippen LogP contribution in [0.25, 0.3) is 0 Å². The summed E-state index contributed by atoms with van der Waals surface area (Å²) in [7, 11) is 0. The standard InChI is InChI=1S/C20H28N6O3/c1-13-3-4-16(29-13)12-26-10-7-21-20(28)17(26)11-18(27)25-8-5-15(6-9-25)19-22-14(2)23-24-19/h3-4,15,17H,5-12H2,1-2H3,(H,21,28)(H,22,23,24)/t17-/m1/s1. The molecule has 2 fully saturated rings. The summed E-state index contributed by atoms with van der Waals surface area (Å²) in [5, 5.41) is 10.0. The van der Waals surface area contributed by atoms with Gasteiger partial charge in [0, 0.05) is 32.1 Å². The Morgan fingerprint density at radius 2 is 2.03 bits per heavy atom. The number of nitrogens with one attached hydrogen (secondary N) is 2. The van der Waals surface area contributed by atoms with Crippen LogP contribution in [0.4, 0.5) is 0 Å². The molecule has 0 spiro atoms. The highest BCUT2D eigenvalue weighted by Crippen LogP contribution is 2.26. The highest BCUT2D eigenvalue weighted by Gasteiger charge is 2.34. The maximum Gasteiger partial charge on any atom is 0.237 e. The zero-order chi connectivity index (χ0) is 20.4. The van der Waals surface area contributed by atoms with Crippen LogP contribution in [-0.2, 0) is 16.1 Å². The van der Waals surface area contributed by atoms with Gasteiger partial charge in [-0.15, -0.1) is 0 Å². The molecule has 0 bridgehead atoms. The molecule has 0 unspecified atom stereocenters. The Kier molecular flexibility index (Phi) is 5.66. The van der Waals surface area contributed by atoms with Gasteiger partial charge in [0.05, 0.1) is 19.0 Å². The summed E-state index contributed by atoms with van der Waals surface area (Å²) in [6, 6.07) is 3.38.